The first-order valence-electron chi connectivity index (χ1n) is 8.28. The van der Waals surface area contributed by atoms with Crippen LogP contribution in [-0.4, -0.2) is 11.9 Å². The summed E-state index contributed by atoms with van der Waals surface area (Å²) in [4.78, 5) is 24.8. The Morgan fingerprint density at radius 1 is 1.12 bits per heavy atom. The van der Waals surface area contributed by atoms with E-state index in [-0.39, 0.29) is 11.1 Å². The molecule has 0 aliphatic carbocycles. The summed E-state index contributed by atoms with van der Waals surface area (Å²) in [6, 6.07) is 10.4. The number of hydrogen-bond donors (Lipinski definition) is 3. The van der Waals surface area contributed by atoms with Crippen molar-refractivity contribution in [1.29, 1.82) is 0 Å². The number of hydrogen-bond acceptors (Lipinski definition) is 2. The molecule has 0 spiro atoms. The van der Waals surface area contributed by atoms with Gasteiger partial charge in [-0.2, -0.15) is 0 Å². The summed E-state index contributed by atoms with van der Waals surface area (Å²) in [5, 5.41) is 8.08. The first kappa shape index (κ1) is 17.7. The van der Waals surface area contributed by atoms with E-state index in [9.17, 15) is 14.0 Å². The molecule has 1 atom stereocenters. The van der Waals surface area contributed by atoms with Crippen LogP contribution >= 0.6 is 0 Å². The predicted molar refractivity (Wildman–Crippen MR) is 98.1 cm³/mol. The van der Waals surface area contributed by atoms with Crippen LogP contribution in [-0.2, 0) is 4.79 Å². The molecule has 26 heavy (non-hydrogen) atoms. The van der Waals surface area contributed by atoms with E-state index >= 15 is 0 Å². The van der Waals surface area contributed by atoms with Gasteiger partial charge >= 0.3 is 6.03 Å². The molecule has 3 rings (SSSR count). The van der Waals surface area contributed by atoms with Crippen molar-refractivity contribution in [3.8, 4) is 0 Å². The highest BCUT2D eigenvalue weighted by molar-refractivity contribution is 6.07. The van der Waals surface area contributed by atoms with E-state index in [0.717, 1.165) is 11.1 Å². The first-order valence-corrected chi connectivity index (χ1v) is 8.28. The lowest BCUT2D eigenvalue weighted by molar-refractivity contribution is -0.113. The molecule has 0 saturated heterocycles. The van der Waals surface area contributed by atoms with Gasteiger partial charge in [-0.15, -0.1) is 0 Å². The zero-order chi connectivity index (χ0) is 18.8. The zero-order valence-corrected chi connectivity index (χ0v) is 14.8. The smallest absolute Gasteiger partial charge is 0.319 e. The number of amides is 3. The minimum Gasteiger partial charge on any atom is -0.327 e. The minimum absolute atomic E-state index is 0.243. The second-order valence-corrected chi connectivity index (χ2v) is 6.36. The van der Waals surface area contributed by atoms with Gasteiger partial charge in [0.15, 0.2) is 0 Å². The molecule has 0 fully saturated rings. The molecule has 0 radical (unpaired) electrons. The number of carbonyl (C=O) groups excluding carboxylic acids is 2. The molecule has 6 heteroatoms. The van der Waals surface area contributed by atoms with Crippen LogP contribution in [0.4, 0.5) is 14.9 Å². The van der Waals surface area contributed by atoms with Crippen LogP contribution in [0.15, 0.2) is 53.7 Å². The molecule has 3 amide bonds. The maximum absolute atomic E-state index is 14.3. The third-order valence-electron chi connectivity index (χ3n) is 4.36. The summed E-state index contributed by atoms with van der Waals surface area (Å²) in [7, 11) is 0. The van der Waals surface area contributed by atoms with Crippen LogP contribution in [0.25, 0.3) is 0 Å². The number of nitrogens with one attached hydrogen (secondary N) is 3. The SMILES string of the molecule is CC1=C(C(=O)Nc2ccc(C)cc2C)[C@H](c2ccccc2F)NC(=O)N1. The fraction of sp³-hybridized carbons (Fsp3) is 0.200. The predicted octanol–water partition coefficient (Wildman–Crippen LogP) is 3.71. The number of benzene rings is 2. The van der Waals surface area contributed by atoms with Gasteiger partial charge in [-0.3, -0.25) is 4.79 Å². The van der Waals surface area contributed by atoms with Gasteiger partial charge in [-0.05, 0) is 38.5 Å². The Hall–Kier alpha value is -3.15. The first-order chi connectivity index (χ1) is 12.4. The molecule has 1 aliphatic heterocycles. The summed E-state index contributed by atoms with van der Waals surface area (Å²) in [6.07, 6.45) is 0. The van der Waals surface area contributed by atoms with Gasteiger partial charge < -0.3 is 16.0 Å². The molecule has 134 valence electrons. The maximum Gasteiger partial charge on any atom is 0.319 e. The van der Waals surface area contributed by atoms with E-state index in [2.05, 4.69) is 16.0 Å². The highest BCUT2D eigenvalue weighted by Gasteiger charge is 2.32. The molecular weight excluding hydrogens is 333 g/mol. The van der Waals surface area contributed by atoms with Crippen molar-refractivity contribution in [2.75, 3.05) is 5.32 Å². The van der Waals surface area contributed by atoms with E-state index in [0.29, 0.717) is 11.4 Å². The Balaban J connectivity index is 1.98. The van der Waals surface area contributed by atoms with Gasteiger partial charge in [-0.25, -0.2) is 9.18 Å². The molecule has 3 N–H and O–H groups in total. The Morgan fingerprint density at radius 3 is 2.54 bits per heavy atom. The van der Waals surface area contributed by atoms with Crippen LogP contribution in [0.1, 0.15) is 29.7 Å². The van der Waals surface area contributed by atoms with Crippen molar-refractivity contribution in [1.82, 2.24) is 10.6 Å². The molecule has 1 heterocycles. The second kappa shape index (κ2) is 7.00. The number of rotatable bonds is 3. The van der Waals surface area contributed by atoms with Gasteiger partial charge in [0.05, 0.1) is 11.6 Å². The highest BCUT2D eigenvalue weighted by atomic mass is 19.1. The molecule has 1 aliphatic rings. The fourth-order valence-corrected chi connectivity index (χ4v) is 3.08. The lowest BCUT2D eigenvalue weighted by Crippen LogP contribution is -2.46. The van der Waals surface area contributed by atoms with Crippen LogP contribution in [0, 0.1) is 19.7 Å². The van der Waals surface area contributed by atoms with Gasteiger partial charge in [0.25, 0.3) is 5.91 Å². The van der Waals surface area contributed by atoms with Gasteiger partial charge in [0.1, 0.15) is 5.82 Å². The summed E-state index contributed by atoms with van der Waals surface area (Å²) in [5.74, 6) is -0.875. The average Bonchev–Trinajstić information content (AvgIpc) is 2.57. The molecule has 0 aromatic heterocycles. The van der Waals surface area contributed by atoms with E-state index in [1.165, 1.54) is 6.07 Å². The molecule has 2 aromatic carbocycles. The van der Waals surface area contributed by atoms with Crippen molar-refractivity contribution >= 4 is 17.6 Å². The largest absolute Gasteiger partial charge is 0.327 e. The van der Waals surface area contributed by atoms with Gasteiger partial charge in [0.2, 0.25) is 0 Å². The normalized spacial score (nSPS) is 16.8. The molecular formula is C20H20FN3O2. The minimum atomic E-state index is -0.865. The summed E-state index contributed by atoms with van der Waals surface area (Å²) in [5.41, 5.74) is 3.59. The van der Waals surface area contributed by atoms with Crippen molar-refractivity contribution in [2.24, 2.45) is 0 Å². The lowest BCUT2D eigenvalue weighted by Gasteiger charge is -2.29. The Morgan fingerprint density at radius 2 is 1.85 bits per heavy atom. The van der Waals surface area contributed by atoms with E-state index < -0.39 is 23.8 Å². The Labute approximate surface area is 151 Å². The van der Waals surface area contributed by atoms with E-state index in [1.54, 1.807) is 25.1 Å². The number of halogens is 1. The number of anilines is 1. The molecule has 0 bridgehead atoms. The standard InChI is InChI=1S/C20H20FN3O2/c1-11-8-9-16(12(2)10-11)23-19(25)17-13(3)22-20(26)24-18(17)14-6-4-5-7-15(14)21/h4-10,18H,1-3H3,(H,23,25)(H2,22,24,26)/t18-/m0/s1. The van der Waals surface area contributed by atoms with Crippen molar-refractivity contribution in [3.63, 3.8) is 0 Å². The number of carbonyl (C=O) groups is 2. The second-order valence-electron chi connectivity index (χ2n) is 6.36. The van der Waals surface area contributed by atoms with Gasteiger partial charge in [-0.1, -0.05) is 35.9 Å². The van der Waals surface area contributed by atoms with E-state index in [1.807, 2.05) is 32.0 Å². The van der Waals surface area contributed by atoms with Crippen LogP contribution in [0.5, 0.6) is 0 Å². The highest BCUT2D eigenvalue weighted by Crippen LogP contribution is 2.29. The van der Waals surface area contributed by atoms with Crippen molar-refractivity contribution < 1.29 is 14.0 Å². The average molecular weight is 353 g/mol. The van der Waals surface area contributed by atoms with E-state index in [4.69, 9.17) is 0 Å². The Kier molecular flexibility index (Phi) is 4.75. The third-order valence-corrected chi connectivity index (χ3v) is 4.36. The summed E-state index contributed by atoms with van der Waals surface area (Å²) in [6.45, 7) is 5.50. The van der Waals surface area contributed by atoms with Crippen LogP contribution in [0.3, 0.4) is 0 Å². The molecule has 2 aromatic rings. The van der Waals surface area contributed by atoms with Crippen LogP contribution < -0.4 is 16.0 Å². The van der Waals surface area contributed by atoms with Crippen molar-refractivity contribution in [3.05, 3.63) is 76.2 Å². The number of aryl methyl sites for hydroxylation is 2. The molecule has 0 unspecified atom stereocenters. The third kappa shape index (κ3) is 3.44. The molecule has 5 nitrogen and oxygen atoms in total. The summed E-state index contributed by atoms with van der Waals surface area (Å²) < 4.78 is 14.3. The fourth-order valence-electron chi connectivity index (χ4n) is 3.08. The van der Waals surface area contributed by atoms with Crippen LogP contribution in [0.2, 0.25) is 0 Å². The molecule has 0 saturated carbocycles. The summed E-state index contributed by atoms with van der Waals surface area (Å²) >= 11 is 0. The monoisotopic (exact) mass is 353 g/mol. The number of urea groups is 1. The van der Waals surface area contributed by atoms with Crippen molar-refractivity contribution in [2.45, 2.75) is 26.8 Å². The lowest BCUT2D eigenvalue weighted by atomic mass is 9.94. The number of allylic oxidation sites excluding steroid dienone is 1. The quantitative estimate of drug-likeness (QED) is 0.787. The topological polar surface area (TPSA) is 70.2 Å². The Bertz CT molecular complexity index is 921. The zero-order valence-electron chi connectivity index (χ0n) is 14.8. The van der Waals surface area contributed by atoms with Gasteiger partial charge in [0, 0.05) is 16.9 Å². The maximum atomic E-state index is 14.3.